The van der Waals surface area contributed by atoms with E-state index in [0.717, 1.165) is 0 Å². The zero-order valence-corrected chi connectivity index (χ0v) is 8.51. The fraction of sp³-hybridized carbons (Fsp3) is 0.400. The largest absolute Gasteiger partial charge is 0.393 e. The van der Waals surface area contributed by atoms with Crippen LogP contribution in [0.1, 0.15) is 13.3 Å². The molecule has 0 aromatic heterocycles. The van der Waals surface area contributed by atoms with Crippen molar-refractivity contribution >= 4 is 11.4 Å². The highest BCUT2D eigenvalue weighted by Gasteiger charge is 2.05. The zero-order valence-electron chi connectivity index (χ0n) is 8.51. The predicted octanol–water partition coefficient (Wildman–Crippen LogP) is 1.78. The molecule has 0 aliphatic heterocycles. The van der Waals surface area contributed by atoms with Gasteiger partial charge in [0.15, 0.2) is 0 Å². The summed E-state index contributed by atoms with van der Waals surface area (Å²) in [6, 6.07) is 6.31. The average molecular weight is 210 g/mol. The Morgan fingerprint density at radius 2 is 2.33 bits per heavy atom. The summed E-state index contributed by atoms with van der Waals surface area (Å²) in [6.07, 6.45) is 0.249. The lowest BCUT2D eigenvalue weighted by molar-refractivity contribution is -0.384. The molecule has 1 rings (SSSR count). The molecule has 5 heteroatoms. The van der Waals surface area contributed by atoms with Crippen LogP contribution in [0.2, 0.25) is 0 Å². The Balaban J connectivity index is 2.54. The number of benzene rings is 1. The van der Waals surface area contributed by atoms with Crippen molar-refractivity contribution in [2.75, 3.05) is 11.9 Å². The van der Waals surface area contributed by atoms with E-state index < -0.39 is 4.92 Å². The minimum absolute atomic E-state index is 0.0667. The van der Waals surface area contributed by atoms with Gasteiger partial charge >= 0.3 is 0 Å². The topological polar surface area (TPSA) is 75.4 Å². The number of anilines is 1. The van der Waals surface area contributed by atoms with Crippen LogP contribution in [0.3, 0.4) is 0 Å². The summed E-state index contributed by atoms with van der Waals surface area (Å²) in [4.78, 5) is 10.0. The number of rotatable bonds is 5. The van der Waals surface area contributed by atoms with Gasteiger partial charge in [-0.25, -0.2) is 0 Å². The van der Waals surface area contributed by atoms with Crippen LogP contribution in [-0.2, 0) is 0 Å². The number of hydrogen-bond acceptors (Lipinski definition) is 4. The molecule has 0 fully saturated rings. The van der Waals surface area contributed by atoms with E-state index in [1.54, 1.807) is 19.1 Å². The van der Waals surface area contributed by atoms with Gasteiger partial charge < -0.3 is 10.4 Å². The number of nitro groups is 1. The van der Waals surface area contributed by atoms with Crippen molar-refractivity contribution in [1.82, 2.24) is 0 Å². The van der Waals surface area contributed by atoms with Crippen molar-refractivity contribution in [2.45, 2.75) is 19.4 Å². The van der Waals surface area contributed by atoms with Gasteiger partial charge in [0.25, 0.3) is 5.69 Å². The molecule has 0 saturated heterocycles. The highest BCUT2D eigenvalue weighted by molar-refractivity contribution is 5.50. The van der Waals surface area contributed by atoms with Crippen LogP contribution in [0, 0.1) is 10.1 Å². The van der Waals surface area contributed by atoms with Crippen LogP contribution in [-0.4, -0.2) is 22.7 Å². The average Bonchev–Trinajstić information content (AvgIpc) is 2.17. The van der Waals surface area contributed by atoms with Crippen LogP contribution < -0.4 is 5.32 Å². The predicted molar refractivity (Wildman–Crippen MR) is 57.9 cm³/mol. The number of aliphatic hydroxyl groups is 1. The molecule has 15 heavy (non-hydrogen) atoms. The third-order valence-corrected chi connectivity index (χ3v) is 1.95. The molecule has 0 spiro atoms. The monoisotopic (exact) mass is 210 g/mol. The molecule has 1 atom stereocenters. The third kappa shape index (κ3) is 3.95. The summed E-state index contributed by atoms with van der Waals surface area (Å²) in [5.74, 6) is 0. The lowest BCUT2D eigenvalue weighted by Gasteiger charge is -2.07. The summed E-state index contributed by atoms with van der Waals surface area (Å²) in [6.45, 7) is 2.30. The van der Waals surface area contributed by atoms with Gasteiger partial charge in [-0.15, -0.1) is 0 Å². The SMILES string of the molecule is CC(O)CCNc1cccc([N+](=O)[O-])c1. The Morgan fingerprint density at radius 3 is 2.93 bits per heavy atom. The van der Waals surface area contributed by atoms with E-state index in [1.165, 1.54) is 12.1 Å². The molecule has 82 valence electrons. The molecular formula is C10H14N2O3. The second-order valence-corrected chi connectivity index (χ2v) is 3.37. The number of aliphatic hydroxyl groups excluding tert-OH is 1. The van der Waals surface area contributed by atoms with Gasteiger partial charge in [-0.1, -0.05) is 6.07 Å². The van der Waals surface area contributed by atoms with Crippen LogP contribution in [0.15, 0.2) is 24.3 Å². The summed E-state index contributed by atoms with van der Waals surface area (Å²) in [5.41, 5.74) is 0.766. The summed E-state index contributed by atoms with van der Waals surface area (Å²) in [7, 11) is 0. The molecule has 5 nitrogen and oxygen atoms in total. The van der Waals surface area contributed by atoms with Crippen molar-refractivity contribution in [3.05, 3.63) is 34.4 Å². The van der Waals surface area contributed by atoms with Gasteiger partial charge in [0.1, 0.15) is 0 Å². The highest BCUT2D eigenvalue weighted by Crippen LogP contribution is 2.16. The molecule has 0 bridgehead atoms. The highest BCUT2D eigenvalue weighted by atomic mass is 16.6. The Labute approximate surface area is 87.9 Å². The van der Waals surface area contributed by atoms with Gasteiger partial charge in [0.2, 0.25) is 0 Å². The molecule has 0 saturated carbocycles. The lowest BCUT2D eigenvalue weighted by Crippen LogP contribution is -2.09. The van der Waals surface area contributed by atoms with Gasteiger partial charge in [0.05, 0.1) is 11.0 Å². The second kappa shape index (κ2) is 5.31. The van der Waals surface area contributed by atoms with Crippen molar-refractivity contribution in [3.8, 4) is 0 Å². The molecule has 2 N–H and O–H groups in total. The van der Waals surface area contributed by atoms with Crippen LogP contribution in [0.4, 0.5) is 11.4 Å². The van der Waals surface area contributed by atoms with E-state index in [2.05, 4.69) is 5.32 Å². The molecule has 0 amide bonds. The molecule has 0 aliphatic carbocycles. The van der Waals surface area contributed by atoms with Gasteiger partial charge in [0, 0.05) is 24.4 Å². The first kappa shape index (κ1) is 11.5. The van der Waals surface area contributed by atoms with Crippen molar-refractivity contribution in [1.29, 1.82) is 0 Å². The first-order valence-corrected chi connectivity index (χ1v) is 4.76. The normalized spacial score (nSPS) is 12.1. The fourth-order valence-corrected chi connectivity index (χ4v) is 1.15. The zero-order chi connectivity index (χ0) is 11.3. The van der Waals surface area contributed by atoms with Crippen molar-refractivity contribution in [3.63, 3.8) is 0 Å². The summed E-state index contributed by atoms with van der Waals surface area (Å²) < 4.78 is 0. The number of hydrogen-bond donors (Lipinski definition) is 2. The molecule has 1 unspecified atom stereocenters. The van der Waals surface area contributed by atoms with Gasteiger partial charge in [-0.3, -0.25) is 10.1 Å². The maximum absolute atomic E-state index is 10.5. The van der Waals surface area contributed by atoms with Crippen LogP contribution in [0.5, 0.6) is 0 Å². The van der Waals surface area contributed by atoms with Gasteiger partial charge in [-0.05, 0) is 19.4 Å². The van der Waals surface area contributed by atoms with E-state index in [9.17, 15) is 10.1 Å². The maximum atomic E-state index is 10.5. The van der Waals surface area contributed by atoms with E-state index in [0.29, 0.717) is 18.7 Å². The maximum Gasteiger partial charge on any atom is 0.271 e. The van der Waals surface area contributed by atoms with Crippen molar-refractivity contribution < 1.29 is 10.0 Å². The summed E-state index contributed by atoms with van der Waals surface area (Å²) in [5, 5.41) is 22.5. The quantitative estimate of drug-likeness (QED) is 0.573. The number of nitrogens with zero attached hydrogens (tertiary/aromatic N) is 1. The van der Waals surface area contributed by atoms with Crippen LogP contribution >= 0.6 is 0 Å². The van der Waals surface area contributed by atoms with E-state index in [-0.39, 0.29) is 11.8 Å². The molecule has 1 aromatic rings. The minimum Gasteiger partial charge on any atom is -0.393 e. The Morgan fingerprint density at radius 1 is 1.60 bits per heavy atom. The third-order valence-electron chi connectivity index (χ3n) is 1.95. The smallest absolute Gasteiger partial charge is 0.271 e. The number of non-ortho nitro benzene ring substituents is 1. The first-order valence-electron chi connectivity index (χ1n) is 4.76. The molecular weight excluding hydrogens is 196 g/mol. The van der Waals surface area contributed by atoms with Crippen LogP contribution in [0.25, 0.3) is 0 Å². The summed E-state index contributed by atoms with van der Waals surface area (Å²) >= 11 is 0. The second-order valence-electron chi connectivity index (χ2n) is 3.37. The minimum atomic E-state index is -0.431. The van der Waals surface area contributed by atoms with E-state index in [1.807, 2.05) is 0 Å². The molecule has 0 radical (unpaired) electrons. The molecule has 0 heterocycles. The Bertz CT molecular complexity index is 339. The van der Waals surface area contributed by atoms with Crippen molar-refractivity contribution in [2.24, 2.45) is 0 Å². The lowest BCUT2D eigenvalue weighted by atomic mass is 10.2. The number of nitro benzene ring substituents is 1. The molecule has 1 aromatic carbocycles. The Kier molecular flexibility index (Phi) is 4.05. The first-order chi connectivity index (χ1) is 7.09. The van der Waals surface area contributed by atoms with Gasteiger partial charge in [-0.2, -0.15) is 0 Å². The Hall–Kier alpha value is -1.62. The standard InChI is InChI=1S/C10H14N2O3/c1-8(13)5-6-11-9-3-2-4-10(7-9)12(14)15/h2-4,7-8,11,13H,5-6H2,1H3. The molecule has 0 aliphatic rings. The van der Waals surface area contributed by atoms with E-state index >= 15 is 0 Å². The van der Waals surface area contributed by atoms with E-state index in [4.69, 9.17) is 5.11 Å². The number of nitrogens with one attached hydrogen (secondary N) is 1. The fourth-order valence-electron chi connectivity index (χ4n) is 1.15.